The van der Waals surface area contributed by atoms with Gasteiger partial charge < -0.3 is 14.8 Å². The van der Waals surface area contributed by atoms with Crippen molar-refractivity contribution in [1.29, 1.82) is 0 Å². The van der Waals surface area contributed by atoms with Gasteiger partial charge in [0.1, 0.15) is 12.4 Å². The van der Waals surface area contributed by atoms with Crippen LogP contribution in [-0.4, -0.2) is 26.2 Å². The maximum absolute atomic E-state index is 11.5. The van der Waals surface area contributed by atoms with Crippen LogP contribution < -0.4 is 10.1 Å². The molecule has 0 saturated heterocycles. The Morgan fingerprint density at radius 2 is 2.28 bits per heavy atom. The van der Waals surface area contributed by atoms with E-state index in [4.69, 9.17) is 9.47 Å². The van der Waals surface area contributed by atoms with Gasteiger partial charge in [-0.25, -0.2) is 4.79 Å². The van der Waals surface area contributed by atoms with Gasteiger partial charge in [0.05, 0.1) is 12.7 Å². The molecule has 0 saturated carbocycles. The van der Waals surface area contributed by atoms with Crippen molar-refractivity contribution in [2.24, 2.45) is 5.92 Å². The molecule has 1 aromatic rings. The summed E-state index contributed by atoms with van der Waals surface area (Å²) >= 11 is 0. The van der Waals surface area contributed by atoms with Gasteiger partial charge in [0.2, 0.25) is 0 Å². The standard InChI is InChI=1S/C14H19NO3/c1-9(2)13-11-5-4-10(14(16)17-3)8-12(11)18-7-6-15-13/h4-5,8-9,13,15H,6-7H2,1-3H3. The molecule has 1 aliphatic heterocycles. The molecule has 4 heteroatoms. The number of rotatable bonds is 2. The average molecular weight is 249 g/mol. The highest BCUT2D eigenvalue weighted by molar-refractivity contribution is 5.90. The minimum absolute atomic E-state index is 0.259. The molecule has 0 aliphatic carbocycles. The second kappa shape index (κ2) is 5.40. The zero-order valence-corrected chi connectivity index (χ0v) is 11.0. The van der Waals surface area contributed by atoms with E-state index in [1.807, 2.05) is 6.07 Å². The fourth-order valence-electron chi connectivity index (χ4n) is 2.24. The second-order valence-corrected chi connectivity index (χ2v) is 4.77. The molecule has 1 aromatic carbocycles. The van der Waals surface area contributed by atoms with E-state index in [-0.39, 0.29) is 12.0 Å². The Labute approximate surface area is 107 Å². The monoisotopic (exact) mass is 249 g/mol. The third-order valence-electron chi connectivity index (χ3n) is 3.16. The first-order chi connectivity index (χ1) is 8.63. The zero-order valence-electron chi connectivity index (χ0n) is 11.0. The lowest BCUT2D eigenvalue weighted by Crippen LogP contribution is -2.26. The smallest absolute Gasteiger partial charge is 0.337 e. The van der Waals surface area contributed by atoms with E-state index >= 15 is 0 Å². The molecule has 1 atom stereocenters. The van der Waals surface area contributed by atoms with Crippen LogP contribution in [0.3, 0.4) is 0 Å². The molecule has 1 unspecified atom stereocenters. The van der Waals surface area contributed by atoms with Crippen LogP contribution in [0.4, 0.5) is 0 Å². The predicted octanol–water partition coefficient (Wildman–Crippen LogP) is 2.15. The summed E-state index contributed by atoms with van der Waals surface area (Å²) in [6.07, 6.45) is 0. The Morgan fingerprint density at radius 3 is 2.94 bits per heavy atom. The molecule has 0 radical (unpaired) electrons. The number of benzene rings is 1. The molecule has 1 heterocycles. The van der Waals surface area contributed by atoms with Crippen LogP contribution in [0, 0.1) is 5.92 Å². The Kier molecular flexibility index (Phi) is 3.87. The van der Waals surface area contributed by atoms with Crippen LogP contribution in [0.5, 0.6) is 5.75 Å². The van der Waals surface area contributed by atoms with Gasteiger partial charge in [-0.05, 0) is 18.1 Å². The molecule has 0 amide bonds. The molecule has 2 rings (SSSR count). The van der Waals surface area contributed by atoms with Gasteiger partial charge in [-0.15, -0.1) is 0 Å². The van der Waals surface area contributed by atoms with E-state index in [1.54, 1.807) is 12.1 Å². The summed E-state index contributed by atoms with van der Waals surface area (Å²) in [5.74, 6) is 0.913. The molecule has 0 fully saturated rings. The lowest BCUT2D eigenvalue weighted by Gasteiger charge is -2.21. The van der Waals surface area contributed by atoms with Crippen molar-refractivity contribution in [2.45, 2.75) is 19.9 Å². The normalized spacial score (nSPS) is 18.8. The molecule has 18 heavy (non-hydrogen) atoms. The zero-order chi connectivity index (χ0) is 13.1. The van der Waals surface area contributed by atoms with Crippen LogP contribution in [0.25, 0.3) is 0 Å². The maximum atomic E-state index is 11.5. The molecule has 4 nitrogen and oxygen atoms in total. The lowest BCUT2D eigenvalue weighted by molar-refractivity contribution is 0.0600. The van der Waals surface area contributed by atoms with Crippen LogP contribution >= 0.6 is 0 Å². The number of carbonyl (C=O) groups excluding carboxylic acids is 1. The van der Waals surface area contributed by atoms with E-state index in [9.17, 15) is 4.79 Å². The minimum Gasteiger partial charge on any atom is -0.492 e. The summed E-state index contributed by atoms with van der Waals surface area (Å²) in [5.41, 5.74) is 1.64. The average Bonchev–Trinajstić information content (AvgIpc) is 2.59. The Balaban J connectivity index is 2.39. The molecule has 0 bridgehead atoms. The molecule has 0 aromatic heterocycles. The van der Waals surface area contributed by atoms with Gasteiger partial charge in [-0.3, -0.25) is 0 Å². The number of hydrogen-bond donors (Lipinski definition) is 1. The van der Waals surface area contributed by atoms with E-state index in [2.05, 4.69) is 19.2 Å². The SMILES string of the molecule is COC(=O)c1ccc2c(c1)OCCNC2C(C)C. The van der Waals surface area contributed by atoms with Crippen LogP contribution in [0.2, 0.25) is 0 Å². The van der Waals surface area contributed by atoms with Gasteiger partial charge in [0.25, 0.3) is 0 Å². The largest absolute Gasteiger partial charge is 0.492 e. The third-order valence-corrected chi connectivity index (χ3v) is 3.16. The number of fused-ring (bicyclic) bond motifs is 1. The highest BCUT2D eigenvalue weighted by Crippen LogP contribution is 2.32. The molecule has 1 N–H and O–H groups in total. The Bertz CT molecular complexity index is 443. The fourth-order valence-corrected chi connectivity index (χ4v) is 2.24. The number of nitrogens with one attached hydrogen (secondary N) is 1. The summed E-state index contributed by atoms with van der Waals surface area (Å²) in [4.78, 5) is 11.5. The van der Waals surface area contributed by atoms with Crippen molar-refractivity contribution < 1.29 is 14.3 Å². The molecule has 1 aliphatic rings. The van der Waals surface area contributed by atoms with E-state index in [1.165, 1.54) is 7.11 Å². The first-order valence-electron chi connectivity index (χ1n) is 6.22. The minimum atomic E-state index is -0.334. The van der Waals surface area contributed by atoms with Gasteiger partial charge >= 0.3 is 5.97 Å². The van der Waals surface area contributed by atoms with Crippen molar-refractivity contribution in [2.75, 3.05) is 20.3 Å². The second-order valence-electron chi connectivity index (χ2n) is 4.77. The van der Waals surface area contributed by atoms with Crippen molar-refractivity contribution in [3.63, 3.8) is 0 Å². The highest BCUT2D eigenvalue weighted by atomic mass is 16.5. The molecular formula is C14H19NO3. The topological polar surface area (TPSA) is 47.6 Å². The quantitative estimate of drug-likeness (QED) is 0.816. The first kappa shape index (κ1) is 12.9. The summed E-state index contributed by atoms with van der Waals surface area (Å²) in [6.45, 7) is 5.76. The highest BCUT2D eigenvalue weighted by Gasteiger charge is 2.23. The van der Waals surface area contributed by atoms with Crippen molar-refractivity contribution in [3.05, 3.63) is 29.3 Å². The Hall–Kier alpha value is -1.55. The molecular weight excluding hydrogens is 230 g/mol. The molecule has 98 valence electrons. The van der Waals surface area contributed by atoms with E-state index in [0.29, 0.717) is 18.1 Å². The number of hydrogen-bond acceptors (Lipinski definition) is 4. The maximum Gasteiger partial charge on any atom is 0.337 e. The fraction of sp³-hybridized carbons (Fsp3) is 0.500. The summed E-state index contributed by atoms with van der Waals surface area (Å²) in [5, 5.41) is 3.46. The number of esters is 1. The Morgan fingerprint density at radius 1 is 1.50 bits per heavy atom. The first-order valence-corrected chi connectivity index (χ1v) is 6.22. The van der Waals surface area contributed by atoms with Gasteiger partial charge in [0.15, 0.2) is 0 Å². The van der Waals surface area contributed by atoms with Crippen LogP contribution in [0.1, 0.15) is 35.8 Å². The number of methoxy groups -OCH3 is 1. The summed E-state index contributed by atoms with van der Waals surface area (Å²) < 4.78 is 10.4. The van der Waals surface area contributed by atoms with Crippen molar-refractivity contribution >= 4 is 5.97 Å². The van der Waals surface area contributed by atoms with Gasteiger partial charge in [0, 0.05) is 18.2 Å². The van der Waals surface area contributed by atoms with Gasteiger partial charge in [-0.1, -0.05) is 19.9 Å². The third kappa shape index (κ3) is 2.48. The molecule has 0 spiro atoms. The summed E-state index contributed by atoms with van der Waals surface area (Å²) in [7, 11) is 1.38. The number of ether oxygens (including phenoxy) is 2. The predicted molar refractivity (Wildman–Crippen MR) is 68.9 cm³/mol. The number of carbonyl (C=O) groups is 1. The van der Waals surface area contributed by atoms with Gasteiger partial charge in [-0.2, -0.15) is 0 Å². The summed E-state index contributed by atoms with van der Waals surface area (Å²) in [6, 6.07) is 5.76. The van der Waals surface area contributed by atoms with Crippen molar-refractivity contribution in [1.82, 2.24) is 5.32 Å². The lowest BCUT2D eigenvalue weighted by atomic mass is 9.94. The van der Waals surface area contributed by atoms with Crippen LogP contribution in [0.15, 0.2) is 18.2 Å². The van der Waals surface area contributed by atoms with Crippen LogP contribution in [-0.2, 0) is 4.74 Å². The van der Waals surface area contributed by atoms with E-state index in [0.717, 1.165) is 17.9 Å². The van der Waals surface area contributed by atoms with Crippen molar-refractivity contribution in [3.8, 4) is 5.75 Å². The van der Waals surface area contributed by atoms with E-state index < -0.39 is 0 Å².